The smallest absolute Gasteiger partial charge is 0.253 e. The number of nitrogens with zero attached hydrogens (tertiary/aromatic N) is 2. The monoisotopic (exact) mass is 311 g/mol. The van der Waals surface area contributed by atoms with Gasteiger partial charge in [0.2, 0.25) is 0 Å². The number of carbonyl (C=O) groups excluding carboxylic acids is 1. The number of fused-ring (bicyclic) bond motifs is 1. The highest BCUT2D eigenvalue weighted by Crippen LogP contribution is 2.25. The molecule has 1 aromatic carbocycles. The van der Waals surface area contributed by atoms with Gasteiger partial charge < -0.3 is 14.6 Å². The normalized spacial score (nSPS) is 20.3. The maximum absolute atomic E-state index is 12.2. The molecule has 1 saturated heterocycles. The molecule has 0 saturated carbocycles. The molecule has 2 aliphatic rings. The molecule has 0 bridgehead atoms. The standard InChI is InChI=1S/C18H21N3O2/c22-18(16-7-4-10-23-16)19-14-6-3-5-13(11-14)15-12-21-9-2-1-8-17(21)20-15/h3,5-6,11-12,16H,1-2,4,7-10H2,(H,19,22)/t16-/m0/s1. The Morgan fingerprint density at radius 3 is 3.09 bits per heavy atom. The highest BCUT2D eigenvalue weighted by molar-refractivity contribution is 5.94. The molecule has 5 nitrogen and oxygen atoms in total. The van der Waals surface area contributed by atoms with Crippen LogP contribution >= 0.6 is 0 Å². The first kappa shape index (κ1) is 14.5. The molecular formula is C18H21N3O2. The van der Waals surface area contributed by atoms with Gasteiger partial charge in [-0.05, 0) is 37.8 Å². The largest absolute Gasteiger partial charge is 0.368 e. The third-order valence-corrected chi connectivity index (χ3v) is 4.56. The summed E-state index contributed by atoms with van der Waals surface area (Å²) in [5.41, 5.74) is 2.82. The Morgan fingerprint density at radius 2 is 2.26 bits per heavy atom. The number of benzene rings is 1. The van der Waals surface area contributed by atoms with Crippen molar-refractivity contribution in [3.8, 4) is 11.3 Å². The van der Waals surface area contributed by atoms with Crippen molar-refractivity contribution in [1.82, 2.24) is 9.55 Å². The SMILES string of the molecule is O=C(Nc1cccc(-c2cn3c(n2)CCCC3)c1)[C@@H]1CCCO1. The van der Waals surface area contributed by atoms with Gasteiger partial charge in [-0.1, -0.05) is 12.1 Å². The number of imidazole rings is 1. The zero-order valence-corrected chi connectivity index (χ0v) is 13.1. The van der Waals surface area contributed by atoms with Crippen molar-refractivity contribution in [2.45, 2.75) is 44.8 Å². The number of aromatic nitrogens is 2. The maximum atomic E-state index is 12.2. The highest BCUT2D eigenvalue weighted by atomic mass is 16.5. The molecule has 0 aliphatic carbocycles. The number of hydrogen-bond acceptors (Lipinski definition) is 3. The highest BCUT2D eigenvalue weighted by Gasteiger charge is 2.23. The van der Waals surface area contributed by atoms with Crippen molar-refractivity contribution in [1.29, 1.82) is 0 Å². The van der Waals surface area contributed by atoms with Crippen molar-refractivity contribution < 1.29 is 9.53 Å². The first-order valence-corrected chi connectivity index (χ1v) is 8.38. The fourth-order valence-electron chi connectivity index (χ4n) is 3.32. The van der Waals surface area contributed by atoms with E-state index in [1.165, 1.54) is 18.7 Å². The van der Waals surface area contributed by atoms with Crippen LogP contribution in [0.25, 0.3) is 11.3 Å². The lowest BCUT2D eigenvalue weighted by atomic mass is 10.1. The average molecular weight is 311 g/mol. The number of ether oxygens (including phenoxy) is 1. The lowest BCUT2D eigenvalue weighted by molar-refractivity contribution is -0.124. The van der Waals surface area contributed by atoms with Crippen molar-refractivity contribution in [3.05, 3.63) is 36.3 Å². The molecule has 0 radical (unpaired) electrons. The van der Waals surface area contributed by atoms with Crippen LogP contribution in [-0.2, 0) is 22.5 Å². The Balaban J connectivity index is 1.53. The minimum absolute atomic E-state index is 0.0521. The Hall–Kier alpha value is -2.14. The molecule has 23 heavy (non-hydrogen) atoms. The van der Waals surface area contributed by atoms with Crippen molar-refractivity contribution in [2.75, 3.05) is 11.9 Å². The summed E-state index contributed by atoms with van der Waals surface area (Å²) in [5, 5.41) is 2.96. The number of amides is 1. The van der Waals surface area contributed by atoms with Crippen LogP contribution < -0.4 is 5.32 Å². The van der Waals surface area contributed by atoms with Crippen LogP contribution in [0.4, 0.5) is 5.69 Å². The van der Waals surface area contributed by atoms with Gasteiger partial charge in [-0.25, -0.2) is 4.98 Å². The number of hydrogen-bond donors (Lipinski definition) is 1. The summed E-state index contributed by atoms with van der Waals surface area (Å²) in [6, 6.07) is 7.89. The molecule has 1 atom stereocenters. The summed E-state index contributed by atoms with van der Waals surface area (Å²) < 4.78 is 7.68. The Bertz CT molecular complexity index is 693. The van der Waals surface area contributed by atoms with Crippen LogP contribution in [-0.4, -0.2) is 28.2 Å². The summed E-state index contributed by atoms with van der Waals surface area (Å²) in [6.07, 6.45) is 7.06. The molecule has 4 rings (SSSR count). The fourth-order valence-corrected chi connectivity index (χ4v) is 3.32. The summed E-state index contributed by atoms with van der Waals surface area (Å²) in [6.45, 7) is 1.73. The quantitative estimate of drug-likeness (QED) is 0.948. The van der Waals surface area contributed by atoms with Gasteiger partial charge in [0.05, 0.1) is 5.69 Å². The average Bonchev–Trinajstić information content (AvgIpc) is 3.24. The second-order valence-electron chi connectivity index (χ2n) is 6.26. The van der Waals surface area contributed by atoms with Crippen molar-refractivity contribution in [3.63, 3.8) is 0 Å². The minimum atomic E-state index is -0.307. The molecule has 2 aliphatic heterocycles. The lowest BCUT2D eigenvalue weighted by Crippen LogP contribution is -2.26. The van der Waals surface area contributed by atoms with E-state index in [9.17, 15) is 4.79 Å². The van der Waals surface area contributed by atoms with Crippen LogP contribution in [0.1, 0.15) is 31.5 Å². The first-order valence-electron chi connectivity index (χ1n) is 8.38. The van der Waals surface area contributed by atoms with Gasteiger partial charge in [0.25, 0.3) is 5.91 Å². The molecule has 2 aromatic rings. The number of anilines is 1. The molecule has 0 unspecified atom stereocenters. The second-order valence-corrected chi connectivity index (χ2v) is 6.26. The molecule has 120 valence electrons. The number of carbonyl (C=O) groups is 1. The third-order valence-electron chi connectivity index (χ3n) is 4.56. The van der Waals surface area contributed by atoms with E-state index < -0.39 is 0 Å². The summed E-state index contributed by atoms with van der Waals surface area (Å²) in [7, 11) is 0. The molecule has 3 heterocycles. The predicted molar refractivity (Wildman–Crippen MR) is 88.2 cm³/mol. The van der Waals surface area contributed by atoms with E-state index in [0.717, 1.165) is 42.8 Å². The minimum Gasteiger partial charge on any atom is -0.368 e. The molecule has 1 aromatic heterocycles. The summed E-state index contributed by atoms with van der Waals surface area (Å²) >= 11 is 0. The molecular weight excluding hydrogens is 290 g/mol. The topological polar surface area (TPSA) is 56.2 Å². The fraction of sp³-hybridized carbons (Fsp3) is 0.444. The van der Waals surface area contributed by atoms with Crippen LogP contribution in [0.3, 0.4) is 0 Å². The van der Waals surface area contributed by atoms with Crippen molar-refractivity contribution >= 4 is 11.6 Å². The van der Waals surface area contributed by atoms with E-state index in [4.69, 9.17) is 9.72 Å². The lowest BCUT2D eigenvalue weighted by Gasteiger charge is -2.11. The Kier molecular flexibility index (Phi) is 3.87. The van der Waals surface area contributed by atoms with Gasteiger partial charge in [0, 0.05) is 37.0 Å². The molecule has 5 heteroatoms. The van der Waals surface area contributed by atoms with E-state index in [2.05, 4.69) is 16.1 Å². The predicted octanol–water partition coefficient (Wildman–Crippen LogP) is 3.00. The van der Waals surface area contributed by atoms with Gasteiger partial charge >= 0.3 is 0 Å². The zero-order chi connectivity index (χ0) is 15.6. The van der Waals surface area contributed by atoms with Crippen LogP contribution in [0, 0.1) is 0 Å². The van der Waals surface area contributed by atoms with Crippen LogP contribution in [0.15, 0.2) is 30.5 Å². The first-order chi connectivity index (χ1) is 11.3. The van der Waals surface area contributed by atoms with E-state index in [1.54, 1.807) is 0 Å². The van der Waals surface area contributed by atoms with Crippen LogP contribution in [0.2, 0.25) is 0 Å². The van der Waals surface area contributed by atoms with Gasteiger partial charge in [-0.3, -0.25) is 4.79 Å². The second kappa shape index (κ2) is 6.16. The number of rotatable bonds is 3. The van der Waals surface area contributed by atoms with E-state index >= 15 is 0 Å². The number of nitrogens with one attached hydrogen (secondary N) is 1. The molecule has 1 amide bonds. The van der Waals surface area contributed by atoms with Gasteiger partial charge in [-0.15, -0.1) is 0 Å². The Labute approximate surface area is 135 Å². The van der Waals surface area contributed by atoms with Gasteiger partial charge in [0.15, 0.2) is 0 Å². The maximum Gasteiger partial charge on any atom is 0.253 e. The Morgan fingerprint density at radius 1 is 1.30 bits per heavy atom. The summed E-state index contributed by atoms with van der Waals surface area (Å²) in [5.74, 6) is 1.11. The molecule has 1 fully saturated rings. The van der Waals surface area contributed by atoms with Crippen molar-refractivity contribution in [2.24, 2.45) is 0 Å². The third kappa shape index (κ3) is 3.01. The summed E-state index contributed by atoms with van der Waals surface area (Å²) in [4.78, 5) is 16.9. The number of aryl methyl sites for hydroxylation is 2. The van der Waals surface area contributed by atoms with E-state index in [1.807, 2.05) is 24.3 Å². The molecule has 0 spiro atoms. The van der Waals surface area contributed by atoms with Gasteiger partial charge in [0.1, 0.15) is 11.9 Å². The zero-order valence-electron chi connectivity index (χ0n) is 13.1. The molecule has 1 N–H and O–H groups in total. The van der Waals surface area contributed by atoms with Crippen LogP contribution in [0.5, 0.6) is 0 Å². The van der Waals surface area contributed by atoms with Gasteiger partial charge in [-0.2, -0.15) is 0 Å². The van der Waals surface area contributed by atoms with E-state index in [-0.39, 0.29) is 12.0 Å². The van der Waals surface area contributed by atoms with E-state index in [0.29, 0.717) is 6.61 Å².